The molecule has 0 spiro atoms. The summed E-state index contributed by atoms with van der Waals surface area (Å²) in [4.78, 5) is 52.1. The third-order valence-electron chi connectivity index (χ3n) is 13.2. The summed E-state index contributed by atoms with van der Waals surface area (Å²) in [6.45, 7) is 9.07. The topological polar surface area (TPSA) is 158 Å². The second-order valence-corrected chi connectivity index (χ2v) is 21.8. The number of para-hydroxylation sites is 1. The number of β-amino-alcohol motifs (C(OH)–C–C–N with tert-alkyl or cyclic N) is 1. The minimum absolute atomic E-state index is 0.00103. The molecule has 2 aliphatic rings. The summed E-state index contributed by atoms with van der Waals surface area (Å²) in [6, 6.07) is 14.3. The first kappa shape index (κ1) is 55.3. The van der Waals surface area contributed by atoms with Crippen LogP contribution in [-0.4, -0.2) is 125 Å². The molecule has 396 valence electrons. The van der Waals surface area contributed by atoms with E-state index in [9.17, 15) is 28.3 Å². The summed E-state index contributed by atoms with van der Waals surface area (Å²) in [6.07, 6.45) is 0.933. The monoisotopic (exact) mass is 1040 g/mol. The van der Waals surface area contributed by atoms with Crippen molar-refractivity contribution in [2.75, 3.05) is 46.1 Å². The number of aromatic amines is 1. The van der Waals surface area contributed by atoms with Gasteiger partial charge in [-0.3, -0.25) is 19.3 Å². The molecule has 0 radical (unpaired) electrons. The highest BCUT2D eigenvalue weighted by Crippen LogP contribution is 2.44. The van der Waals surface area contributed by atoms with E-state index in [0.717, 1.165) is 50.3 Å². The summed E-state index contributed by atoms with van der Waals surface area (Å²) in [5.41, 5.74) is 4.23. The first-order valence-electron chi connectivity index (χ1n) is 24.7. The number of halogens is 5. The van der Waals surface area contributed by atoms with Crippen molar-refractivity contribution in [3.8, 4) is 16.2 Å². The number of nitrogens with one attached hydrogen (secondary N) is 3. The van der Waals surface area contributed by atoms with Crippen LogP contribution in [0.15, 0.2) is 66.2 Å². The molecule has 3 aromatic carbocycles. The maximum absolute atomic E-state index is 16.0. The van der Waals surface area contributed by atoms with Crippen LogP contribution >= 0.6 is 11.3 Å². The fourth-order valence-electron chi connectivity index (χ4n) is 9.62. The highest BCUT2D eigenvalue weighted by atomic mass is 32.1. The van der Waals surface area contributed by atoms with E-state index in [2.05, 4.69) is 20.6 Å². The zero-order valence-corrected chi connectivity index (χ0v) is 43.3. The lowest BCUT2D eigenvalue weighted by Gasteiger charge is -2.43. The number of aliphatic hydroxyl groups is 1. The average molecular weight is 1040 g/mol. The molecule has 73 heavy (non-hydrogen) atoms. The SMILES string of the molecule is Cc1ncsc1-c1ccc(CNC(=O)[C@@H]2C[C@@H](O)CN2C(=O)C(NC(=O)COCC(F)(F)COCCCCCOc2cc(F)c([C@@H]3c4[nH]c5ccccc5c4C[C@@H](C)N3CC(C)(C)F)c(F)c2)C(C)(C)C)cc1. The van der Waals surface area contributed by atoms with Gasteiger partial charge in [0, 0.05) is 73.0 Å². The maximum atomic E-state index is 16.0. The van der Waals surface area contributed by atoms with Crippen molar-refractivity contribution in [2.24, 2.45) is 5.41 Å². The highest BCUT2D eigenvalue weighted by molar-refractivity contribution is 7.13. The number of likely N-dealkylation sites (tertiary alicyclic amines) is 1. The molecule has 5 atom stereocenters. The van der Waals surface area contributed by atoms with Gasteiger partial charge in [0.1, 0.15) is 55.0 Å². The lowest BCUT2D eigenvalue weighted by Crippen LogP contribution is -2.58. The zero-order valence-electron chi connectivity index (χ0n) is 42.5. The van der Waals surface area contributed by atoms with Crippen LogP contribution in [0, 0.1) is 24.0 Å². The number of aryl methyl sites for hydroxylation is 1. The molecule has 3 amide bonds. The fraction of sp³-hybridized carbons (Fsp3) is 0.519. The van der Waals surface area contributed by atoms with Gasteiger partial charge in [-0.05, 0) is 81.5 Å². The number of aromatic nitrogens is 2. The van der Waals surface area contributed by atoms with Crippen molar-refractivity contribution in [3.63, 3.8) is 0 Å². The molecule has 1 saturated heterocycles. The highest BCUT2D eigenvalue weighted by Gasteiger charge is 2.45. The number of H-pyrrole nitrogens is 1. The number of thiazole rings is 1. The molecular weight excluding hydrogens is 972 g/mol. The molecule has 0 saturated carbocycles. The van der Waals surface area contributed by atoms with Crippen molar-refractivity contribution >= 4 is 40.0 Å². The Labute approximate surface area is 427 Å². The number of rotatable bonds is 22. The van der Waals surface area contributed by atoms with Gasteiger partial charge >= 0.3 is 0 Å². The Morgan fingerprint density at radius 1 is 0.945 bits per heavy atom. The maximum Gasteiger partial charge on any atom is 0.293 e. The van der Waals surface area contributed by atoms with Gasteiger partial charge in [-0.1, -0.05) is 63.2 Å². The van der Waals surface area contributed by atoms with E-state index in [-0.39, 0.29) is 56.6 Å². The van der Waals surface area contributed by atoms with Crippen LogP contribution in [0.2, 0.25) is 0 Å². The quantitative estimate of drug-likeness (QED) is 0.0392. The number of fused-ring (bicyclic) bond motifs is 3. The molecule has 5 aromatic rings. The second-order valence-electron chi connectivity index (χ2n) is 21.0. The van der Waals surface area contributed by atoms with Crippen LogP contribution in [0.25, 0.3) is 21.3 Å². The molecule has 4 heterocycles. The van der Waals surface area contributed by atoms with Crippen LogP contribution in [-0.2, 0) is 36.8 Å². The molecule has 0 bridgehead atoms. The van der Waals surface area contributed by atoms with Crippen molar-refractivity contribution in [1.29, 1.82) is 0 Å². The lowest BCUT2D eigenvalue weighted by molar-refractivity contribution is -0.147. The van der Waals surface area contributed by atoms with Gasteiger partial charge in [0.15, 0.2) is 0 Å². The predicted octanol–water partition coefficient (Wildman–Crippen LogP) is 8.99. The largest absolute Gasteiger partial charge is 0.493 e. The molecule has 0 aliphatic carbocycles. The van der Waals surface area contributed by atoms with Crippen LogP contribution in [0.5, 0.6) is 5.75 Å². The first-order valence-corrected chi connectivity index (χ1v) is 25.6. The Bertz CT molecular complexity index is 2680. The molecule has 2 aromatic heterocycles. The van der Waals surface area contributed by atoms with Gasteiger partial charge in [-0.25, -0.2) is 26.9 Å². The van der Waals surface area contributed by atoms with E-state index in [1.165, 1.54) is 30.1 Å². The number of aliphatic hydroxyl groups excluding tert-OH is 1. The Hall–Kier alpha value is -5.47. The molecular formula is C54H67F5N6O7S. The van der Waals surface area contributed by atoms with Gasteiger partial charge in [-0.2, -0.15) is 0 Å². The van der Waals surface area contributed by atoms with Gasteiger partial charge in [0.25, 0.3) is 5.92 Å². The minimum Gasteiger partial charge on any atom is -0.493 e. The van der Waals surface area contributed by atoms with Gasteiger partial charge < -0.3 is 39.8 Å². The molecule has 1 fully saturated rings. The van der Waals surface area contributed by atoms with E-state index in [0.29, 0.717) is 31.4 Å². The number of benzene rings is 3. The van der Waals surface area contributed by atoms with Crippen LogP contribution in [0.4, 0.5) is 22.0 Å². The van der Waals surface area contributed by atoms with Gasteiger partial charge in [0.2, 0.25) is 17.7 Å². The summed E-state index contributed by atoms with van der Waals surface area (Å²) in [5, 5.41) is 16.9. The molecule has 7 rings (SSSR count). The molecule has 19 heteroatoms. The fourth-order valence-corrected chi connectivity index (χ4v) is 10.4. The smallest absolute Gasteiger partial charge is 0.293 e. The van der Waals surface area contributed by atoms with E-state index >= 15 is 13.2 Å². The molecule has 4 N–H and O–H groups in total. The molecule has 2 aliphatic heterocycles. The number of alkyl halides is 3. The van der Waals surface area contributed by atoms with Crippen LogP contribution < -0.4 is 15.4 Å². The minimum atomic E-state index is -3.44. The predicted molar refractivity (Wildman–Crippen MR) is 269 cm³/mol. The number of unbranched alkanes of at least 4 members (excludes halogenated alkanes) is 2. The zero-order chi connectivity index (χ0) is 52.8. The van der Waals surface area contributed by atoms with Crippen molar-refractivity contribution < 1.29 is 55.7 Å². The second kappa shape index (κ2) is 23.4. The molecule has 13 nitrogen and oxygen atoms in total. The number of carbonyl (C=O) groups is 3. The van der Waals surface area contributed by atoms with E-state index in [1.807, 2.05) is 62.4 Å². The van der Waals surface area contributed by atoms with E-state index in [1.54, 1.807) is 31.2 Å². The summed E-state index contributed by atoms with van der Waals surface area (Å²) in [7, 11) is 0. The van der Waals surface area contributed by atoms with Gasteiger partial charge in [0.05, 0.1) is 34.8 Å². The summed E-state index contributed by atoms with van der Waals surface area (Å²) in [5.74, 6) is -7.00. The molecule has 1 unspecified atom stereocenters. The average Bonchev–Trinajstić information content (AvgIpc) is 4.04. The Balaban J connectivity index is 0.820. The number of hydrogen-bond acceptors (Lipinski definition) is 10. The summed E-state index contributed by atoms with van der Waals surface area (Å²) < 4.78 is 92.6. The number of hydrogen-bond donors (Lipinski definition) is 4. The summed E-state index contributed by atoms with van der Waals surface area (Å²) >= 11 is 1.54. The first-order chi connectivity index (χ1) is 34.5. The Kier molecular flexibility index (Phi) is 17.7. The van der Waals surface area contributed by atoms with Gasteiger partial charge in [-0.15, -0.1) is 11.3 Å². The standard InChI is InChI=1S/C54H67F5N6O7S/c1-32-21-39-38-13-9-10-14-42(38)62-46(39)47(65(32)28-53(6,7)57)45-40(55)23-37(24-41(45)56)72-20-12-8-11-19-70-29-54(58,59)30-71-27-44(67)63-49(52(3,4)5)51(69)64-26-36(66)22-43(64)50(68)60-25-34-15-17-35(18-16-34)48-33(2)61-31-73-48/h9-10,13-18,23-24,31-32,36,43,47,49,62,66H,8,11-12,19-22,25-30H2,1-7H3,(H,60,68)(H,63,67)/t32-,36-,43+,47-,49?/m1/s1. The normalized spacial score (nSPS) is 19.0. The van der Waals surface area contributed by atoms with Crippen molar-refractivity contribution in [2.45, 2.75) is 129 Å². The number of amides is 3. The number of carbonyl (C=O) groups excluding carboxylic acids is 3. The third kappa shape index (κ3) is 14.0. The number of ether oxygens (including phenoxy) is 3. The number of nitrogens with zero attached hydrogens (tertiary/aromatic N) is 3. The van der Waals surface area contributed by atoms with Crippen molar-refractivity contribution in [1.82, 2.24) is 30.4 Å². The van der Waals surface area contributed by atoms with E-state index in [4.69, 9.17) is 14.2 Å². The lowest BCUT2D eigenvalue weighted by atomic mass is 9.85. The Morgan fingerprint density at radius 3 is 2.30 bits per heavy atom. The Morgan fingerprint density at radius 2 is 1.63 bits per heavy atom. The third-order valence-corrected chi connectivity index (χ3v) is 14.2. The van der Waals surface area contributed by atoms with E-state index < -0.39 is 90.4 Å². The van der Waals surface area contributed by atoms with Crippen LogP contribution in [0.1, 0.15) is 101 Å². The van der Waals surface area contributed by atoms with Crippen LogP contribution in [0.3, 0.4) is 0 Å². The van der Waals surface area contributed by atoms with Crippen molar-refractivity contribution in [3.05, 3.63) is 106 Å².